The van der Waals surface area contributed by atoms with Gasteiger partial charge in [-0.25, -0.2) is 4.98 Å². The van der Waals surface area contributed by atoms with E-state index in [1.807, 2.05) is 6.92 Å². The largest absolute Gasteiger partial charge is 0.376 e. The number of aryl methyl sites for hydroxylation is 1. The number of nitrogens with one attached hydrogen (secondary N) is 1. The Morgan fingerprint density at radius 2 is 2.37 bits per heavy atom. The maximum absolute atomic E-state index is 11.6. The number of hydrogen-bond donors (Lipinski definition) is 1. The van der Waals surface area contributed by atoms with E-state index in [1.165, 1.54) is 0 Å². The summed E-state index contributed by atoms with van der Waals surface area (Å²) in [5, 5.41) is 0. The molecule has 1 N–H and O–H groups in total. The molecule has 1 atom stereocenters. The van der Waals surface area contributed by atoms with Crippen LogP contribution in [0.2, 0.25) is 0 Å². The molecule has 2 rings (SSSR count). The number of aromatic amines is 1. The van der Waals surface area contributed by atoms with Crippen LogP contribution in [0, 0.1) is 0 Å². The van der Waals surface area contributed by atoms with Crippen LogP contribution in [-0.2, 0) is 11.2 Å². The van der Waals surface area contributed by atoms with Crippen molar-refractivity contribution in [3.8, 4) is 0 Å². The highest BCUT2D eigenvalue weighted by Crippen LogP contribution is 2.18. The van der Waals surface area contributed by atoms with Crippen LogP contribution in [0.4, 0.5) is 5.82 Å². The van der Waals surface area contributed by atoms with E-state index >= 15 is 0 Å². The first-order valence-corrected chi connectivity index (χ1v) is 7.19. The van der Waals surface area contributed by atoms with Gasteiger partial charge in [-0.15, -0.1) is 0 Å². The Hall–Kier alpha value is -1.36. The second-order valence-corrected chi connectivity index (χ2v) is 4.98. The van der Waals surface area contributed by atoms with Crippen LogP contribution in [0.25, 0.3) is 0 Å². The Morgan fingerprint density at radius 1 is 1.53 bits per heavy atom. The SMILES string of the molecule is CCCOC1CCCN(c2cc(=O)[nH]c(CC)n2)C1. The fraction of sp³-hybridized carbons (Fsp3) is 0.714. The molecule has 106 valence electrons. The lowest BCUT2D eigenvalue weighted by Crippen LogP contribution is -2.40. The zero-order valence-electron chi connectivity index (χ0n) is 11.8. The average Bonchev–Trinajstić information content (AvgIpc) is 2.44. The predicted octanol–water partition coefficient (Wildman–Crippen LogP) is 1.73. The number of hydrogen-bond acceptors (Lipinski definition) is 4. The smallest absolute Gasteiger partial charge is 0.252 e. The molecule has 1 aromatic rings. The van der Waals surface area contributed by atoms with Crippen molar-refractivity contribution in [2.24, 2.45) is 0 Å². The molecule has 1 aromatic heterocycles. The summed E-state index contributed by atoms with van der Waals surface area (Å²) in [6.45, 7) is 6.70. The molecular formula is C14H23N3O2. The fourth-order valence-corrected chi connectivity index (χ4v) is 2.39. The Kier molecular flexibility index (Phi) is 4.96. The van der Waals surface area contributed by atoms with Crippen molar-refractivity contribution in [3.05, 3.63) is 22.2 Å². The lowest BCUT2D eigenvalue weighted by atomic mass is 10.1. The van der Waals surface area contributed by atoms with Crippen LogP contribution in [-0.4, -0.2) is 35.8 Å². The highest BCUT2D eigenvalue weighted by atomic mass is 16.5. The molecule has 0 spiro atoms. The molecule has 19 heavy (non-hydrogen) atoms. The van der Waals surface area contributed by atoms with E-state index in [4.69, 9.17) is 4.74 Å². The van der Waals surface area contributed by atoms with Crippen LogP contribution >= 0.6 is 0 Å². The molecule has 0 aromatic carbocycles. The van der Waals surface area contributed by atoms with Crippen LogP contribution in [0.15, 0.2) is 10.9 Å². The van der Waals surface area contributed by atoms with Crippen molar-refractivity contribution in [2.75, 3.05) is 24.6 Å². The topological polar surface area (TPSA) is 58.2 Å². The average molecular weight is 265 g/mol. The van der Waals surface area contributed by atoms with Gasteiger partial charge in [0.25, 0.3) is 5.56 Å². The summed E-state index contributed by atoms with van der Waals surface area (Å²) >= 11 is 0. The first-order valence-electron chi connectivity index (χ1n) is 7.19. The van der Waals surface area contributed by atoms with E-state index in [0.717, 1.165) is 57.0 Å². The van der Waals surface area contributed by atoms with E-state index in [2.05, 4.69) is 21.8 Å². The summed E-state index contributed by atoms with van der Waals surface area (Å²) in [5.74, 6) is 1.53. The van der Waals surface area contributed by atoms with Gasteiger partial charge >= 0.3 is 0 Å². The first kappa shape index (κ1) is 14.1. The van der Waals surface area contributed by atoms with Crippen molar-refractivity contribution in [2.45, 2.75) is 45.6 Å². The van der Waals surface area contributed by atoms with E-state index in [0.29, 0.717) is 0 Å². The van der Waals surface area contributed by atoms with Gasteiger partial charge in [-0.1, -0.05) is 13.8 Å². The normalized spacial score (nSPS) is 19.7. The summed E-state index contributed by atoms with van der Waals surface area (Å²) < 4.78 is 5.82. The summed E-state index contributed by atoms with van der Waals surface area (Å²) in [6.07, 6.45) is 4.23. The van der Waals surface area contributed by atoms with Crippen molar-refractivity contribution in [1.82, 2.24) is 9.97 Å². The minimum atomic E-state index is -0.0709. The molecule has 5 heteroatoms. The van der Waals surface area contributed by atoms with Gasteiger partial charge < -0.3 is 14.6 Å². The zero-order valence-corrected chi connectivity index (χ0v) is 11.8. The Balaban J connectivity index is 2.08. The number of piperidine rings is 1. The summed E-state index contributed by atoms with van der Waals surface area (Å²) in [7, 11) is 0. The second kappa shape index (κ2) is 6.70. The number of aromatic nitrogens is 2. The van der Waals surface area contributed by atoms with Crippen molar-refractivity contribution in [1.29, 1.82) is 0 Å². The van der Waals surface area contributed by atoms with Crippen LogP contribution in [0.5, 0.6) is 0 Å². The van der Waals surface area contributed by atoms with Gasteiger partial charge in [-0.05, 0) is 19.3 Å². The highest BCUT2D eigenvalue weighted by Gasteiger charge is 2.21. The molecule has 0 bridgehead atoms. The maximum Gasteiger partial charge on any atom is 0.252 e. The van der Waals surface area contributed by atoms with Crippen molar-refractivity contribution >= 4 is 5.82 Å². The van der Waals surface area contributed by atoms with Gasteiger partial charge in [0, 0.05) is 32.2 Å². The third kappa shape index (κ3) is 3.80. The molecule has 2 heterocycles. The molecule has 1 saturated heterocycles. The van der Waals surface area contributed by atoms with Gasteiger partial charge in [0.05, 0.1) is 6.10 Å². The van der Waals surface area contributed by atoms with Gasteiger partial charge in [-0.3, -0.25) is 4.79 Å². The molecule has 1 fully saturated rings. The third-order valence-electron chi connectivity index (χ3n) is 3.37. The van der Waals surface area contributed by atoms with E-state index in [9.17, 15) is 4.79 Å². The quantitative estimate of drug-likeness (QED) is 0.881. The third-order valence-corrected chi connectivity index (χ3v) is 3.37. The first-order chi connectivity index (χ1) is 9.22. The highest BCUT2D eigenvalue weighted by molar-refractivity contribution is 5.38. The monoisotopic (exact) mass is 265 g/mol. The van der Waals surface area contributed by atoms with Crippen LogP contribution < -0.4 is 10.5 Å². The molecule has 1 aliphatic rings. The van der Waals surface area contributed by atoms with E-state index < -0.39 is 0 Å². The van der Waals surface area contributed by atoms with Crippen molar-refractivity contribution < 1.29 is 4.74 Å². The molecule has 1 aliphatic heterocycles. The number of rotatable bonds is 5. The van der Waals surface area contributed by atoms with E-state index in [-0.39, 0.29) is 11.7 Å². The van der Waals surface area contributed by atoms with Gasteiger partial charge in [0.1, 0.15) is 11.6 Å². The minimum Gasteiger partial charge on any atom is -0.376 e. The molecular weight excluding hydrogens is 242 g/mol. The van der Waals surface area contributed by atoms with Crippen molar-refractivity contribution in [3.63, 3.8) is 0 Å². The second-order valence-electron chi connectivity index (χ2n) is 4.98. The molecule has 0 amide bonds. The summed E-state index contributed by atoms with van der Waals surface area (Å²) in [5.41, 5.74) is -0.0709. The van der Waals surface area contributed by atoms with Gasteiger partial charge in [0.2, 0.25) is 0 Å². The van der Waals surface area contributed by atoms with Crippen LogP contribution in [0.1, 0.15) is 38.9 Å². The van der Waals surface area contributed by atoms with Crippen LogP contribution in [0.3, 0.4) is 0 Å². The molecule has 0 saturated carbocycles. The molecule has 5 nitrogen and oxygen atoms in total. The maximum atomic E-state index is 11.6. The molecule has 1 unspecified atom stereocenters. The fourth-order valence-electron chi connectivity index (χ4n) is 2.39. The summed E-state index contributed by atoms with van der Waals surface area (Å²) in [6, 6.07) is 1.58. The lowest BCUT2D eigenvalue weighted by molar-refractivity contribution is 0.0439. The molecule has 0 radical (unpaired) electrons. The molecule has 0 aliphatic carbocycles. The lowest BCUT2D eigenvalue weighted by Gasteiger charge is -2.33. The minimum absolute atomic E-state index is 0.0709. The number of H-pyrrole nitrogens is 1. The van der Waals surface area contributed by atoms with E-state index in [1.54, 1.807) is 6.07 Å². The standard InChI is InChI=1S/C14H23N3O2/c1-3-8-19-11-6-5-7-17(10-11)13-9-14(18)16-12(4-2)15-13/h9,11H,3-8,10H2,1-2H3,(H,15,16,18). The Morgan fingerprint density at radius 3 is 3.11 bits per heavy atom. The van der Waals surface area contributed by atoms with Gasteiger partial charge in [0.15, 0.2) is 0 Å². The Bertz CT molecular complexity index is 458. The Labute approximate surface area is 114 Å². The number of anilines is 1. The predicted molar refractivity (Wildman–Crippen MR) is 75.7 cm³/mol. The number of nitrogens with zero attached hydrogens (tertiary/aromatic N) is 2. The number of ether oxygens (including phenoxy) is 1. The zero-order chi connectivity index (χ0) is 13.7. The van der Waals surface area contributed by atoms with Gasteiger partial charge in [-0.2, -0.15) is 0 Å². The summed E-state index contributed by atoms with van der Waals surface area (Å²) in [4.78, 5) is 21.0.